The Kier molecular flexibility index (Phi) is 5.39. The Balaban J connectivity index is 4.98. The summed E-state index contributed by atoms with van der Waals surface area (Å²) >= 11 is 0. The third-order valence-electron chi connectivity index (χ3n) is 1.69. The van der Waals surface area contributed by atoms with E-state index >= 15 is 0 Å². The molecule has 0 heterocycles. The van der Waals surface area contributed by atoms with Gasteiger partial charge in [-0.1, -0.05) is 0 Å². The fraction of sp³-hybridized carbons (Fsp3) is 0.375. The van der Waals surface area contributed by atoms with Crippen LogP contribution in [0.15, 0.2) is 11.5 Å². The minimum absolute atomic E-state index is 0.0871. The van der Waals surface area contributed by atoms with Crippen LogP contribution in [0.2, 0.25) is 0 Å². The molecule has 0 aliphatic rings. The average Bonchev–Trinajstić information content (AvgIpc) is 2.26. The van der Waals surface area contributed by atoms with Crippen molar-refractivity contribution in [3.63, 3.8) is 0 Å². The highest BCUT2D eigenvalue weighted by molar-refractivity contribution is 5.94. The molecular weight excluding hydrogens is 214 g/mol. The van der Waals surface area contributed by atoms with Gasteiger partial charge in [-0.2, -0.15) is 0 Å². The Morgan fingerprint density at radius 2 is 1.94 bits per heavy atom. The van der Waals surface area contributed by atoms with Crippen LogP contribution in [0.4, 0.5) is 0 Å². The van der Waals surface area contributed by atoms with Crippen LogP contribution in [-0.4, -0.2) is 43.8 Å². The Morgan fingerprint density at radius 1 is 1.38 bits per heavy atom. The number of rotatable bonds is 6. The Morgan fingerprint density at radius 3 is 2.31 bits per heavy atom. The minimum Gasteiger partial charge on any atom is -0.383 e. The number of hydrogen-bond donors (Lipinski definition) is 4. The molecule has 0 fully saturated rings. The molecule has 3 amide bonds. The van der Waals surface area contributed by atoms with E-state index in [1.54, 1.807) is 0 Å². The van der Waals surface area contributed by atoms with Gasteiger partial charge in [0.25, 0.3) is 5.91 Å². The number of amides is 3. The number of carbonyl (C=O) groups excluding carboxylic acids is 3. The number of nitrogens with zero attached hydrogens (tertiary/aromatic N) is 1. The number of nitrogens with one attached hydrogen (secondary N) is 2. The summed E-state index contributed by atoms with van der Waals surface area (Å²) < 4.78 is 0. The molecule has 0 aliphatic carbocycles. The summed E-state index contributed by atoms with van der Waals surface area (Å²) in [6.45, 7) is -0.254. The van der Waals surface area contributed by atoms with E-state index in [4.69, 9.17) is 11.5 Å². The molecule has 0 spiro atoms. The molecule has 0 atom stereocenters. The van der Waals surface area contributed by atoms with Crippen LogP contribution >= 0.6 is 0 Å². The van der Waals surface area contributed by atoms with Crippen molar-refractivity contribution < 1.29 is 14.4 Å². The van der Waals surface area contributed by atoms with Gasteiger partial charge in [-0.15, -0.1) is 0 Å². The zero-order chi connectivity index (χ0) is 12.7. The van der Waals surface area contributed by atoms with E-state index in [2.05, 4.69) is 10.6 Å². The van der Waals surface area contributed by atoms with Crippen molar-refractivity contribution in [1.29, 1.82) is 0 Å². The zero-order valence-corrected chi connectivity index (χ0v) is 9.11. The standard InChI is InChI=1S/C8H15N5O3/c1-11-8(16)6(12-3-5(9)15)7(10)13(2)4-14/h4,12H,3,10H2,1-2H3,(H2,9,15)(H,11,16)/b7-6+. The number of nitrogens with two attached hydrogens (primary N) is 2. The molecule has 0 aliphatic heterocycles. The Hall–Kier alpha value is -2.25. The van der Waals surface area contributed by atoms with E-state index in [9.17, 15) is 14.4 Å². The zero-order valence-electron chi connectivity index (χ0n) is 9.11. The van der Waals surface area contributed by atoms with Gasteiger partial charge in [0.15, 0.2) is 0 Å². The first-order valence-corrected chi connectivity index (χ1v) is 4.36. The first-order valence-electron chi connectivity index (χ1n) is 4.36. The van der Waals surface area contributed by atoms with E-state index in [0.29, 0.717) is 6.41 Å². The van der Waals surface area contributed by atoms with E-state index < -0.39 is 11.8 Å². The molecular formula is C8H15N5O3. The van der Waals surface area contributed by atoms with E-state index in [0.717, 1.165) is 4.90 Å². The lowest BCUT2D eigenvalue weighted by molar-refractivity contribution is -0.118. The molecule has 90 valence electrons. The second-order valence-electron chi connectivity index (χ2n) is 2.88. The van der Waals surface area contributed by atoms with Gasteiger partial charge in [0.2, 0.25) is 12.3 Å². The number of likely N-dealkylation sites (N-methyl/N-ethyl adjacent to an activating group) is 1. The summed E-state index contributed by atoms with van der Waals surface area (Å²) in [4.78, 5) is 33.4. The highest BCUT2D eigenvalue weighted by atomic mass is 16.2. The number of hydrogen-bond acceptors (Lipinski definition) is 5. The molecule has 16 heavy (non-hydrogen) atoms. The number of carbonyl (C=O) groups is 3. The maximum absolute atomic E-state index is 11.4. The monoisotopic (exact) mass is 229 g/mol. The molecule has 0 radical (unpaired) electrons. The van der Waals surface area contributed by atoms with Gasteiger partial charge < -0.3 is 27.0 Å². The molecule has 8 heteroatoms. The average molecular weight is 229 g/mol. The molecule has 6 N–H and O–H groups in total. The van der Waals surface area contributed by atoms with Gasteiger partial charge in [0.05, 0.1) is 6.54 Å². The lowest BCUT2D eigenvalue weighted by Gasteiger charge is -2.16. The smallest absolute Gasteiger partial charge is 0.270 e. The van der Waals surface area contributed by atoms with Crippen molar-refractivity contribution in [3.05, 3.63) is 11.5 Å². The molecule has 0 saturated carbocycles. The highest BCUT2D eigenvalue weighted by Gasteiger charge is 2.15. The molecule has 0 bridgehead atoms. The first-order chi connectivity index (χ1) is 7.43. The van der Waals surface area contributed by atoms with Crippen molar-refractivity contribution in [3.8, 4) is 0 Å². The van der Waals surface area contributed by atoms with Crippen molar-refractivity contribution >= 4 is 18.2 Å². The molecule has 0 rings (SSSR count). The highest BCUT2D eigenvalue weighted by Crippen LogP contribution is 1.98. The molecule has 0 saturated heterocycles. The largest absolute Gasteiger partial charge is 0.383 e. The maximum atomic E-state index is 11.4. The predicted octanol–water partition coefficient (Wildman–Crippen LogP) is -2.98. The summed E-state index contributed by atoms with van der Waals surface area (Å²) in [5, 5.41) is 4.77. The van der Waals surface area contributed by atoms with E-state index in [1.165, 1.54) is 14.1 Å². The third kappa shape index (κ3) is 3.86. The number of primary amides is 1. The van der Waals surface area contributed by atoms with Gasteiger partial charge in [0.1, 0.15) is 11.5 Å². The van der Waals surface area contributed by atoms with E-state index in [1.807, 2.05) is 0 Å². The Bertz CT molecular complexity index is 326. The van der Waals surface area contributed by atoms with Gasteiger partial charge in [-0.05, 0) is 0 Å². The summed E-state index contributed by atoms with van der Waals surface area (Å²) in [6.07, 6.45) is 0.435. The van der Waals surface area contributed by atoms with Crippen molar-refractivity contribution in [2.24, 2.45) is 11.5 Å². The minimum atomic E-state index is -0.650. The fourth-order valence-corrected chi connectivity index (χ4v) is 0.821. The second-order valence-corrected chi connectivity index (χ2v) is 2.88. The summed E-state index contributed by atoms with van der Waals surface area (Å²) in [5.41, 5.74) is 10.4. The molecule has 0 aromatic rings. The van der Waals surface area contributed by atoms with Gasteiger partial charge in [-0.3, -0.25) is 14.4 Å². The first kappa shape index (κ1) is 13.8. The summed E-state index contributed by atoms with van der Waals surface area (Å²) in [7, 11) is 2.76. The maximum Gasteiger partial charge on any atom is 0.270 e. The third-order valence-corrected chi connectivity index (χ3v) is 1.69. The van der Waals surface area contributed by atoms with Crippen LogP contribution in [0.1, 0.15) is 0 Å². The molecule has 8 nitrogen and oxygen atoms in total. The van der Waals surface area contributed by atoms with Crippen LogP contribution < -0.4 is 22.1 Å². The van der Waals surface area contributed by atoms with Gasteiger partial charge in [-0.25, -0.2) is 0 Å². The van der Waals surface area contributed by atoms with Crippen molar-refractivity contribution in [2.75, 3.05) is 20.6 Å². The topological polar surface area (TPSA) is 131 Å². The fourth-order valence-electron chi connectivity index (χ4n) is 0.821. The Labute approximate surface area is 92.6 Å². The van der Waals surface area contributed by atoms with Gasteiger partial charge in [0, 0.05) is 14.1 Å². The molecule has 0 aromatic carbocycles. The van der Waals surface area contributed by atoms with Crippen LogP contribution in [0.3, 0.4) is 0 Å². The summed E-state index contributed by atoms with van der Waals surface area (Å²) in [6, 6.07) is 0. The normalized spacial score (nSPS) is 11.1. The quantitative estimate of drug-likeness (QED) is 0.285. The lowest BCUT2D eigenvalue weighted by atomic mass is 10.3. The van der Waals surface area contributed by atoms with Crippen molar-refractivity contribution in [1.82, 2.24) is 15.5 Å². The van der Waals surface area contributed by atoms with Crippen molar-refractivity contribution in [2.45, 2.75) is 0 Å². The van der Waals surface area contributed by atoms with Crippen LogP contribution in [0.5, 0.6) is 0 Å². The predicted molar refractivity (Wildman–Crippen MR) is 56.3 cm³/mol. The van der Waals surface area contributed by atoms with Crippen LogP contribution in [-0.2, 0) is 14.4 Å². The molecule has 0 unspecified atom stereocenters. The van der Waals surface area contributed by atoms with E-state index in [-0.39, 0.29) is 18.1 Å². The molecule has 0 aromatic heterocycles. The van der Waals surface area contributed by atoms with Gasteiger partial charge >= 0.3 is 0 Å². The SMILES string of the molecule is CNC(=O)/C(NCC(N)=O)=C(/N)N(C)C=O. The second kappa shape index (κ2) is 6.27. The van der Waals surface area contributed by atoms with Crippen LogP contribution in [0.25, 0.3) is 0 Å². The lowest BCUT2D eigenvalue weighted by Crippen LogP contribution is -2.39. The summed E-state index contributed by atoms with van der Waals surface area (Å²) in [5.74, 6) is -1.30. The van der Waals surface area contributed by atoms with Crippen LogP contribution in [0, 0.1) is 0 Å².